The van der Waals surface area contributed by atoms with Crippen LogP contribution in [-0.4, -0.2) is 18.9 Å². The van der Waals surface area contributed by atoms with Crippen LogP contribution < -0.4 is 15.8 Å². The maximum atomic E-state index is 14.5. The largest absolute Gasteiger partial charge is 0.497 e. The fourth-order valence-electron chi connectivity index (χ4n) is 2.66. The Balaban J connectivity index is 1.85. The lowest BCUT2D eigenvalue weighted by atomic mass is 10.0. The third-order valence-corrected chi connectivity index (χ3v) is 4.08. The first-order chi connectivity index (χ1) is 13.0. The summed E-state index contributed by atoms with van der Waals surface area (Å²) in [6.45, 7) is 0. The maximum Gasteiger partial charge on any atom is 0.258 e. The van der Waals surface area contributed by atoms with Gasteiger partial charge in [-0.2, -0.15) is 0 Å². The van der Waals surface area contributed by atoms with E-state index < -0.39 is 17.6 Å². The van der Waals surface area contributed by atoms with Gasteiger partial charge in [0.2, 0.25) is 0 Å². The van der Waals surface area contributed by atoms with E-state index in [0.29, 0.717) is 11.3 Å². The summed E-state index contributed by atoms with van der Waals surface area (Å²) in [6.07, 6.45) is 0. The molecule has 6 heteroatoms. The van der Waals surface area contributed by atoms with E-state index in [1.165, 1.54) is 24.3 Å². The number of rotatable bonds is 5. The Morgan fingerprint density at radius 2 is 1.59 bits per heavy atom. The fraction of sp³-hybridized carbons (Fsp3) is 0.0476. The van der Waals surface area contributed by atoms with Crippen molar-refractivity contribution in [3.05, 3.63) is 83.7 Å². The Hall–Kier alpha value is -3.67. The van der Waals surface area contributed by atoms with Gasteiger partial charge in [-0.1, -0.05) is 30.3 Å². The number of carbonyl (C=O) groups excluding carboxylic acids is 2. The molecule has 2 amide bonds. The number of carbonyl (C=O) groups is 2. The van der Waals surface area contributed by atoms with Crippen molar-refractivity contribution in [2.45, 2.75) is 0 Å². The lowest BCUT2D eigenvalue weighted by Crippen LogP contribution is -2.19. The van der Waals surface area contributed by atoms with Crippen LogP contribution in [0, 0.1) is 5.82 Å². The highest BCUT2D eigenvalue weighted by molar-refractivity contribution is 6.08. The standard InChI is InChI=1S/C21H17FN2O3/c1-27-15-9-6-13(7-10-15)14-8-11-16(18(22)12-14)21(26)24-19-5-3-2-4-17(19)20(23)25/h2-12H,1H3,(H2,23,25)(H,24,26). The summed E-state index contributed by atoms with van der Waals surface area (Å²) >= 11 is 0. The minimum absolute atomic E-state index is 0.133. The van der Waals surface area contributed by atoms with Crippen LogP contribution in [0.25, 0.3) is 11.1 Å². The number of hydrogen-bond acceptors (Lipinski definition) is 3. The molecule has 0 atom stereocenters. The minimum Gasteiger partial charge on any atom is -0.497 e. The average Bonchev–Trinajstić information content (AvgIpc) is 2.68. The van der Waals surface area contributed by atoms with Gasteiger partial charge < -0.3 is 15.8 Å². The lowest BCUT2D eigenvalue weighted by molar-refractivity contribution is 0.100. The van der Waals surface area contributed by atoms with Crippen LogP contribution in [0.3, 0.4) is 0 Å². The molecule has 3 aromatic rings. The summed E-state index contributed by atoms with van der Waals surface area (Å²) < 4.78 is 19.6. The van der Waals surface area contributed by atoms with Gasteiger partial charge in [-0.05, 0) is 47.5 Å². The molecule has 3 aromatic carbocycles. The number of nitrogens with one attached hydrogen (secondary N) is 1. The van der Waals surface area contributed by atoms with E-state index in [2.05, 4.69) is 5.32 Å². The van der Waals surface area contributed by atoms with E-state index in [9.17, 15) is 14.0 Å². The van der Waals surface area contributed by atoms with Crippen LogP contribution in [0.2, 0.25) is 0 Å². The van der Waals surface area contributed by atoms with Crippen molar-refractivity contribution < 1.29 is 18.7 Å². The molecule has 0 saturated heterocycles. The summed E-state index contributed by atoms with van der Waals surface area (Å²) in [4.78, 5) is 23.9. The average molecular weight is 364 g/mol. The predicted molar refractivity (Wildman–Crippen MR) is 101 cm³/mol. The van der Waals surface area contributed by atoms with Crippen molar-refractivity contribution >= 4 is 17.5 Å². The fourth-order valence-corrected chi connectivity index (χ4v) is 2.66. The van der Waals surface area contributed by atoms with Crippen LogP contribution in [0.4, 0.5) is 10.1 Å². The van der Waals surface area contributed by atoms with Crippen LogP contribution >= 0.6 is 0 Å². The van der Waals surface area contributed by atoms with Gasteiger partial charge in [-0.15, -0.1) is 0 Å². The molecule has 3 N–H and O–H groups in total. The van der Waals surface area contributed by atoms with Gasteiger partial charge in [0.05, 0.1) is 23.9 Å². The predicted octanol–water partition coefficient (Wildman–Crippen LogP) is 3.85. The number of nitrogens with two attached hydrogens (primary N) is 1. The zero-order valence-electron chi connectivity index (χ0n) is 14.5. The highest BCUT2D eigenvalue weighted by Gasteiger charge is 2.16. The molecule has 0 aliphatic rings. The second kappa shape index (κ2) is 7.70. The first-order valence-corrected chi connectivity index (χ1v) is 8.14. The lowest BCUT2D eigenvalue weighted by Gasteiger charge is -2.10. The normalized spacial score (nSPS) is 10.3. The van der Waals surface area contributed by atoms with Crippen LogP contribution in [0.15, 0.2) is 66.7 Å². The van der Waals surface area contributed by atoms with Gasteiger partial charge in [0.15, 0.2) is 0 Å². The highest BCUT2D eigenvalue weighted by Crippen LogP contribution is 2.25. The van der Waals surface area contributed by atoms with Gasteiger partial charge in [-0.3, -0.25) is 9.59 Å². The first kappa shape index (κ1) is 18.1. The van der Waals surface area contributed by atoms with Crippen LogP contribution in [-0.2, 0) is 0 Å². The SMILES string of the molecule is COc1ccc(-c2ccc(C(=O)Nc3ccccc3C(N)=O)c(F)c2)cc1. The quantitative estimate of drug-likeness (QED) is 0.721. The Morgan fingerprint density at radius 3 is 2.22 bits per heavy atom. The van der Waals surface area contributed by atoms with Crippen LogP contribution in [0.5, 0.6) is 5.75 Å². The summed E-state index contributed by atoms with van der Waals surface area (Å²) in [5.74, 6) is -1.32. The molecule has 27 heavy (non-hydrogen) atoms. The van der Waals surface area contributed by atoms with E-state index >= 15 is 0 Å². The number of methoxy groups -OCH3 is 1. The third kappa shape index (κ3) is 3.95. The molecule has 136 valence electrons. The molecule has 0 aliphatic carbocycles. The number of primary amides is 1. The molecular weight excluding hydrogens is 347 g/mol. The number of benzene rings is 3. The number of ether oxygens (including phenoxy) is 1. The summed E-state index contributed by atoms with van der Waals surface area (Å²) in [6, 6.07) is 17.8. The number of hydrogen-bond donors (Lipinski definition) is 2. The second-order valence-electron chi connectivity index (χ2n) is 5.79. The zero-order valence-corrected chi connectivity index (χ0v) is 14.5. The summed E-state index contributed by atoms with van der Waals surface area (Å²) in [5, 5.41) is 2.53. The van der Waals surface area contributed by atoms with Gasteiger partial charge in [0, 0.05) is 0 Å². The van der Waals surface area contributed by atoms with E-state index in [0.717, 1.165) is 5.56 Å². The summed E-state index contributed by atoms with van der Waals surface area (Å²) in [5.41, 5.74) is 6.96. The molecule has 0 fully saturated rings. The second-order valence-corrected chi connectivity index (χ2v) is 5.79. The Labute approximate surface area is 155 Å². The summed E-state index contributed by atoms with van der Waals surface area (Å²) in [7, 11) is 1.57. The van der Waals surface area contributed by atoms with Crippen molar-refractivity contribution in [3.8, 4) is 16.9 Å². The van der Waals surface area contributed by atoms with E-state index in [4.69, 9.17) is 10.5 Å². The smallest absolute Gasteiger partial charge is 0.258 e. The first-order valence-electron chi connectivity index (χ1n) is 8.14. The monoisotopic (exact) mass is 364 g/mol. The number of anilines is 1. The van der Waals surface area contributed by atoms with E-state index in [1.54, 1.807) is 49.6 Å². The van der Waals surface area contributed by atoms with Gasteiger partial charge in [-0.25, -0.2) is 4.39 Å². The number of halogens is 1. The maximum absolute atomic E-state index is 14.5. The van der Waals surface area contributed by atoms with Gasteiger partial charge in [0.25, 0.3) is 11.8 Å². The Kier molecular flexibility index (Phi) is 5.17. The molecule has 0 spiro atoms. The molecule has 0 bridgehead atoms. The highest BCUT2D eigenvalue weighted by atomic mass is 19.1. The molecule has 0 heterocycles. The minimum atomic E-state index is -0.679. The van der Waals surface area contributed by atoms with E-state index in [1.807, 2.05) is 0 Å². The number of amides is 2. The molecule has 0 radical (unpaired) electrons. The van der Waals surface area contributed by atoms with Crippen molar-refractivity contribution in [2.75, 3.05) is 12.4 Å². The number of para-hydroxylation sites is 1. The van der Waals surface area contributed by atoms with E-state index in [-0.39, 0.29) is 16.8 Å². The molecule has 5 nitrogen and oxygen atoms in total. The Bertz CT molecular complexity index is 1000. The molecule has 0 unspecified atom stereocenters. The molecule has 0 aliphatic heterocycles. The molecule has 0 saturated carbocycles. The van der Waals surface area contributed by atoms with Crippen molar-refractivity contribution in [1.29, 1.82) is 0 Å². The van der Waals surface area contributed by atoms with Gasteiger partial charge in [0.1, 0.15) is 11.6 Å². The van der Waals surface area contributed by atoms with Crippen molar-refractivity contribution in [3.63, 3.8) is 0 Å². The van der Waals surface area contributed by atoms with Crippen LogP contribution in [0.1, 0.15) is 20.7 Å². The van der Waals surface area contributed by atoms with Crippen molar-refractivity contribution in [1.82, 2.24) is 0 Å². The van der Waals surface area contributed by atoms with Crippen molar-refractivity contribution in [2.24, 2.45) is 5.73 Å². The topological polar surface area (TPSA) is 81.4 Å². The third-order valence-electron chi connectivity index (χ3n) is 4.08. The molecule has 0 aromatic heterocycles. The molecular formula is C21H17FN2O3. The molecule has 3 rings (SSSR count). The Morgan fingerprint density at radius 1 is 0.926 bits per heavy atom. The zero-order chi connectivity index (χ0) is 19.4. The van der Waals surface area contributed by atoms with Gasteiger partial charge >= 0.3 is 0 Å².